The van der Waals surface area contributed by atoms with Gasteiger partial charge in [-0.1, -0.05) is 66.7 Å². The van der Waals surface area contributed by atoms with Gasteiger partial charge in [0.25, 0.3) is 0 Å². The highest BCUT2D eigenvalue weighted by Crippen LogP contribution is 2.38. The van der Waals surface area contributed by atoms with Gasteiger partial charge >= 0.3 is 13.6 Å². The van der Waals surface area contributed by atoms with Crippen LogP contribution in [0.1, 0.15) is 16.7 Å². The van der Waals surface area contributed by atoms with Crippen molar-refractivity contribution in [3.63, 3.8) is 0 Å². The van der Waals surface area contributed by atoms with Crippen LogP contribution in [0.25, 0.3) is 10.9 Å². The van der Waals surface area contributed by atoms with E-state index in [2.05, 4.69) is 22.1 Å². The Labute approximate surface area is 271 Å². The van der Waals surface area contributed by atoms with Crippen LogP contribution in [0.3, 0.4) is 0 Å². The van der Waals surface area contributed by atoms with Gasteiger partial charge in [-0.05, 0) is 28.8 Å². The maximum atomic E-state index is 14.3. The first-order valence-electron chi connectivity index (χ1n) is 15.2. The minimum atomic E-state index is -3.76. The van der Waals surface area contributed by atoms with Gasteiger partial charge in [-0.2, -0.15) is 5.10 Å². The van der Waals surface area contributed by atoms with Gasteiger partial charge in [-0.3, -0.25) is 14.7 Å². The van der Waals surface area contributed by atoms with Crippen molar-refractivity contribution < 1.29 is 28.4 Å². The molecule has 14 heteroatoms. The third-order valence-corrected chi connectivity index (χ3v) is 8.77. The number of fused-ring (bicyclic) bond motifs is 2. The molecule has 2 saturated heterocycles. The molecule has 3 N–H and O–H groups in total. The fourth-order valence-corrected chi connectivity index (χ4v) is 6.68. The molecule has 47 heavy (non-hydrogen) atoms. The zero-order valence-electron chi connectivity index (χ0n) is 25.9. The fraction of sp³-hybridized carbons (Fsp3) is 0.273. The van der Waals surface area contributed by atoms with E-state index in [4.69, 9.17) is 4.52 Å². The third kappa shape index (κ3) is 7.07. The van der Waals surface area contributed by atoms with Gasteiger partial charge in [0.2, 0.25) is 11.8 Å². The molecule has 244 valence electrons. The van der Waals surface area contributed by atoms with Crippen molar-refractivity contribution in [3.05, 3.63) is 108 Å². The van der Waals surface area contributed by atoms with Crippen LogP contribution >= 0.6 is 7.60 Å². The average Bonchev–Trinajstić information content (AvgIpc) is 3.53. The van der Waals surface area contributed by atoms with E-state index >= 15 is 0 Å². The largest absolute Gasteiger partial charge is 0.425 e. The first kappa shape index (κ1) is 32.0. The molecule has 3 aromatic carbocycles. The number of hydrogen-bond donors (Lipinski definition) is 3. The van der Waals surface area contributed by atoms with E-state index in [1.54, 1.807) is 46.4 Å². The molecule has 2 aliphatic heterocycles. The van der Waals surface area contributed by atoms with Crippen LogP contribution in [0, 0.1) is 0 Å². The molecule has 3 heterocycles. The molecule has 0 bridgehead atoms. The van der Waals surface area contributed by atoms with Crippen LogP contribution in [-0.4, -0.2) is 91.3 Å². The lowest BCUT2D eigenvalue weighted by Gasteiger charge is -2.55. The Morgan fingerprint density at radius 2 is 1.87 bits per heavy atom. The van der Waals surface area contributed by atoms with Crippen LogP contribution in [0.15, 0.2) is 91.6 Å². The summed E-state index contributed by atoms with van der Waals surface area (Å²) < 4.78 is 16.9. The summed E-state index contributed by atoms with van der Waals surface area (Å²) in [5.74, 6) is -0.342. The van der Waals surface area contributed by atoms with Crippen molar-refractivity contribution in [2.24, 2.45) is 0 Å². The number of amides is 4. The summed E-state index contributed by atoms with van der Waals surface area (Å²) in [7, 11) is -3.76. The number of H-pyrrole nitrogens is 1. The summed E-state index contributed by atoms with van der Waals surface area (Å²) in [5, 5.41) is 14.3. The predicted molar refractivity (Wildman–Crippen MR) is 175 cm³/mol. The van der Waals surface area contributed by atoms with Crippen molar-refractivity contribution in [2.45, 2.75) is 31.7 Å². The monoisotopic (exact) mass is 657 g/mol. The second-order valence-corrected chi connectivity index (χ2v) is 13.4. The Morgan fingerprint density at radius 3 is 2.60 bits per heavy atom. The highest BCUT2D eigenvalue weighted by molar-refractivity contribution is 7.52. The Balaban J connectivity index is 1.35. The Bertz CT molecular complexity index is 1830. The summed E-state index contributed by atoms with van der Waals surface area (Å²) in [5.41, 5.74) is 3.27. The number of aromatic nitrogens is 2. The minimum absolute atomic E-state index is 0.0764. The summed E-state index contributed by atoms with van der Waals surface area (Å²) in [4.78, 5) is 54.9. The zero-order chi connectivity index (χ0) is 33.1. The van der Waals surface area contributed by atoms with Gasteiger partial charge in [0.15, 0.2) is 0 Å². The first-order valence-corrected chi connectivity index (χ1v) is 17.2. The Kier molecular flexibility index (Phi) is 9.12. The third-order valence-electron chi connectivity index (χ3n) is 8.22. The predicted octanol–water partition coefficient (Wildman–Crippen LogP) is 3.49. The van der Waals surface area contributed by atoms with Gasteiger partial charge in [0, 0.05) is 38.1 Å². The number of nitrogens with one attached hydrogen (secondary N) is 2. The van der Waals surface area contributed by atoms with Gasteiger partial charge in [-0.25, -0.2) is 19.4 Å². The van der Waals surface area contributed by atoms with E-state index in [1.807, 2.05) is 48.5 Å². The highest BCUT2D eigenvalue weighted by atomic mass is 31.2. The molecule has 0 aliphatic carbocycles. The molecule has 6 rings (SSSR count). The number of aromatic amines is 1. The zero-order valence-corrected chi connectivity index (χ0v) is 26.8. The van der Waals surface area contributed by atoms with Gasteiger partial charge in [0.05, 0.1) is 24.8 Å². The molecule has 1 aromatic heterocycles. The van der Waals surface area contributed by atoms with Crippen LogP contribution in [-0.2, 0) is 33.7 Å². The van der Waals surface area contributed by atoms with Crippen LogP contribution in [0.2, 0.25) is 0 Å². The van der Waals surface area contributed by atoms with E-state index in [9.17, 15) is 23.8 Å². The molecule has 0 saturated carbocycles. The molecule has 4 amide bonds. The number of carbonyl (C=O) groups excluding carboxylic acids is 3. The topological polar surface area (TPSA) is 151 Å². The smallest absolute Gasteiger partial charge is 0.373 e. The lowest BCUT2D eigenvalue weighted by atomic mass is 9.98. The molecule has 3 atom stereocenters. The van der Waals surface area contributed by atoms with E-state index in [1.165, 1.54) is 9.91 Å². The van der Waals surface area contributed by atoms with Crippen LogP contribution in [0.5, 0.6) is 5.75 Å². The van der Waals surface area contributed by atoms with Gasteiger partial charge in [-0.15, -0.1) is 6.58 Å². The SMILES string of the molecule is C=CCN1CC(=O)N2[C@@H](Cc3ccc(OP(C)(=O)O)cc3)C(=O)N(Cc3cccc4cn[nH]c34)C[C@@H]2N1C(=O)NCc1ccccc1. The van der Waals surface area contributed by atoms with Crippen molar-refractivity contribution in [1.29, 1.82) is 0 Å². The van der Waals surface area contributed by atoms with Gasteiger partial charge in [0.1, 0.15) is 18.0 Å². The lowest BCUT2D eigenvalue weighted by molar-refractivity contribution is -0.189. The molecule has 0 spiro atoms. The van der Waals surface area contributed by atoms with Gasteiger partial charge < -0.3 is 24.5 Å². The number of hydrogen-bond acceptors (Lipinski definition) is 7. The average molecular weight is 658 g/mol. The number of hydrazine groups is 1. The maximum Gasteiger partial charge on any atom is 0.373 e. The molecule has 1 unspecified atom stereocenters. The molecule has 2 aliphatic rings. The minimum Gasteiger partial charge on any atom is -0.425 e. The molecule has 4 aromatic rings. The van der Waals surface area contributed by atoms with Crippen molar-refractivity contribution in [3.8, 4) is 5.75 Å². The second-order valence-electron chi connectivity index (χ2n) is 11.6. The second kappa shape index (κ2) is 13.4. The number of urea groups is 1. The number of rotatable bonds is 10. The summed E-state index contributed by atoms with van der Waals surface area (Å²) in [6.45, 7) is 5.64. The van der Waals surface area contributed by atoms with E-state index in [0.29, 0.717) is 5.56 Å². The normalized spacial score (nSPS) is 19.7. The summed E-state index contributed by atoms with van der Waals surface area (Å²) in [6.07, 6.45) is 2.69. The number of carbonyl (C=O) groups is 3. The Morgan fingerprint density at radius 1 is 1.11 bits per heavy atom. The summed E-state index contributed by atoms with van der Waals surface area (Å²) >= 11 is 0. The molecular formula is C33H36N7O6P. The fourth-order valence-electron chi connectivity index (χ4n) is 6.17. The Hall–Kier alpha value is -4.97. The van der Waals surface area contributed by atoms with Crippen LogP contribution < -0.4 is 9.84 Å². The van der Waals surface area contributed by atoms with E-state index in [-0.39, 0.29) is 56.7 Å². The van der Waals surface area contributed by atoms with E-state index < -0.39 is 25.8 Å². The highest BCUT2D eigenvalue weighted by Gasteiger charge is 2.51. The first-order chi connectivity index (χ1) is 22.6. The number of para-hydroxylation sites is 1. The lowest BCUT2D eigenvalue weighted by Crippen LogP contribution is -2.76. The standard InChI is InChI=1S/C33H36N7O6P/c1-3-16-38-22-30(41)39-28(17-23-12-14-27(15-13-23)46-47(2,44)45)32(42)37(20-26-11-7-10-25-19-35-36-31(25)26)21-29(39)40(38)33(43)34-18-24-8-5-4-6-9-24/h3-15,19,28-29H,1,16-18,20-22H2,2H3,(H,34,43)(H,35,36)(H,44,45)/t28-,29-/m0/s1. The number of nitrogens with zero attached hydrogens (tertiary/aromatic N) is 5. The van der Waals surface area contributed by atoms with Crippen molar-refractivity contribution in [2.75, 3.05) is 26.3 Å². The van der Waals surface area contributed by atoms with Crippen molar-refractivity contribution in [1.82, 2.24) is 35.3 Å². The quantitative estimate of drug-likeness (QED) is 0.173. The molecule has 0 radical (unpaired) electrons. The molecule has 2 fully saturated rings. The number of piperazine rings is 1. The molecular weight excluding hydrogens is 621 g/mol. The molecule has 13 nitrogen and oxygen atoms in total. The van der Waals surface area contributed by atoms with Crippen LogP contribution in [0.4, 0.5) is 4.79 Å². The van der Waals surface area contributed by atoms with Crippen molar-refractivity contribution >= 4 is 36.3 Å². The maximum absolute atomic E-state index is 14.3. The van der Waals surface area contributed by atoms with E-state index in [0.717, 1.165) is 28.7 Å². The summed E-state index contributed by atoms with van der Waals surface area (Å²) in [6, 6.07) is 20.4. The number of benzene rings is 3.